The van der Waals surface area contributed by atoms with Gasteiger partial charge in [-0.2, -0.15) is 0 Å². The van der Waals surface area contributed by atoms with Crippen LogP contribution in [0.15, 0.2) is 12.3 Å². The van der Waals surface area contributed by atoms with Gasteiger partial charge < -0.3 is 15.0 Å². The van der Waals surface area contributed by atoms with Crippen molar-refractivity contribution in [3.05, 3.63) is 21.5 Å². The fraction of sp³-hybridized carbons (Fsp3) is 0.545. The molecule has 0 spiro atoms. The van der Waals surface area contributed by atoms with E-state index < -0.39 is 0 Å². The number of hydrogen-bond acceptors (Lipinski definition) is 2. The topological polar surface area (TPSA) is 54.1 Å². The monoisotopic (exact) mass is 334 g/mol. The van der Waals surface area contributed by atoms with Crippen molar-refractivity contribution in [2.45, 2.75) is 25.4 Å². The summed E-state index contributed by atoms with van der Waals surface area (Å²) in [5, 5.41) is 2.89. The summed E-state index contributed by atoms with van der Waals surface area (Å²) in [7, 11) is 0. The van der Waals surface area contributed by atoms with Crippen LogP contribution in [0.25, 0.3) is 0 Å². The van der Waals surface area contributed by atoms with E-state index in [1.807, 2.05) is 12.3 Å². The number of ether oxygens (including phenoxy) is 1. The number of H-pyrrole nitrogens is 1. The second kappa shape index (κ2) is 5.67. The third-order valence-electron chi connectivity index (χ3n) is 2.67. The summed E-state index contributed by atoms with van der Waals surface area (Å²) in [4.78, 5) is 14.6. The van der Waals surface area contributed by atoms with Crippen molar-refractivity contribution in [3.63, 3.8) is 0 Å². The van der Waals surface area contributed by atoms with Crippen LogP contribution in [-0.2, 0) is 4.74 Å². The average molecular weight is 334 g/mol. The van der Waals surface area contributed by atoms with Crippen LogP contribution in [-0.4, -0.2) is 30.1 Å². The van der Waals surface area contributed by atoms with E-state index in [0.717, 1.165) is 29.4 Å². The van der Waals surface area contributed by atoms with Crippen LogP contribution in [0, 0.1) is 3.57 Å². The molecule has 88 valence electrons. The first-order chi connectivity index (χ1) is 7.75. The molecule has 0 saturated carbocycles. The highest BCUT2D eigenvalue weighted by atomic mass is 127. The van der Waals surface area contributed by atoms with Crippen LogP contribution >= 0.6 is 22.6 Å². The zero-order chi connectivity index (χ0) is 11.4. The third kappa shape index (κ3) is 3.21. The van der Waals surface area contributed by atoms with Crippen molar-refractivity contribution in [2.24, 2.45) is 0 Å². The third-order valence-corrected chi connectivity index (χ3v) is 3.29. The molecular weight excluding hydrogens is 319 g/mol. The van der Waals surface area contributed by atoms with Crippen LogP contribution in [0.2, 0.25) is 0 Å². The molecule has 16 heavy (non-hydrogen) atoms. The first-order valence-electron chi connectivity index (χ1n) is 5.49. The van der Waals surface area contributed by atoms with Crippen molar-refractivity contribution in [3.8, 4) is 0 Å². The van der Waals surface area contributed by atoms with Gasteiger partial charge in [0.15, 0.2) is 0 Å². The maximum absolute atomic E-state index is 11.6. The molecule has 1 aromatic rings. The number of amides is 1. The van der Waals surface area contributed by atoms with Crippen LogP contribution in [0.5, 0.6) is 0 Å². The summed E-state index contributed by atoms with van der Waals surface area (Å²) < 4.78 is 6.53. The molecule has 1 saturated heterocycles. The molecule has 5 heteroatoms. The molecule has 1 atom stereocenters. The van der Waals surface area contributed by atoms with E-state index in [2.05, 4.69) is 32.9 Å². The maximum atomic E-state index is 11.6. The molecule has 1 fully saturated rings. The normalized spacial score (nSPS) is 19.9. The molecule has 1 aliphatic rings. The summed E-state index contributed by atoms with van der Waals surface area (Å²) >= 11 is 2.17. The van der Waals surface area contributed by atoms with Crippen molar-refractivity contribution in [1.82, 2.24) is 10.3 Å². The van der Waals surface area contributed by atoms with Crippen LogP contribution in [0.1, 0.15) is 29.8 Å². The first kappa shape index (κ1) is 11.9. The SMILES string of the molecule is O=C(NCCC1CCCO1)c1cc(I)c[nH]1. The lowest BCUT2D eigenvalue weighted by Crippen LogP contribution is -2.27. The fourth-order valence-electron chi connectivity index (χ4n) is 1.81. The van der Waals surface area contributed by atoms with Gasteiger partial charge in [-0.25, -0.2) is 0 Å². The van der Waals surface area contributed by atoms with E-state index in [1.54, 1.807) is 0 Å². The molecule has 1 amide bonds. The summed E-state index contributed by atoms with van der Waals surface area (Å²) in [6, 6.07) is 1.84. The van der Waals surface area contributed by atoms with E-state index in [1.165, 1.54) is 0 Å². The molecular formula is C11H15IN2O2. The Morgan fingerprint density at radius 3 is 3.19 bits per heavy atom. The lowest BCUT2D eigenvalue weighted by atomic mass is 10.2. The number of rotatable bonds is 4. The lowest BCUT2D eigenvalue weighted by Gasteiger charge is -2.09. The van der Waals surface area contributed by atoms with E-state index in [0.29, 0.717) is 18.3 Å². The molecule has 0 radical (unpaired) electrons. The highest BCUT2D eigenvalue weighted by Crippen LogP contribution is 2.14. The van der Waals surface area contributed by atoms with Gasteiger partial charge in [0.05, 0.1) is 6.10 Å². The number of halogens is 1. The molecule has 0 aromatic carbocycles. The quantitative estimate of drug-likeness (QED) is 0.827. The highest BCUT2D eigenvalue weighted by Gasteiger charge is 2.15. The van der Waals surface area contributed by atoms with Crippen LogP contribution in [0.4, 0.5) is 0 Å². The van der Waals surface area contributed by atoms with E-state index in [4.69, 9.17) is 4.74 Å². The van der Waals surface area contributed by atoms with Gasteiger partial charge in [0, 0.05) is 22.9 Å². The van der Waals surface area contributed by atoms with Gasteiger partial charge in [-0.1, -0.05) is 0 Å². The second-order valence-corrected chi connectivity index (χ2v) is 5.16. The second-order valence-electron chi connectivity index (χ2n) is 3.91. The largest absolute Gasteiger partial charge is 0.378 e. The molecule has 0 aliphatic carbocycles. The molecule has 1 aliphatic heterocycles. The zero-order valence-electron chi connectivity index (χ0n) is 8.96. The Morgan fingerprint density at radius 1 is 1.69 bits per heavy atom. The summed E-state index contributed by atoms with van der Waals surface area (Å²) in [6.07, 6.45) is 5.33. The standard InChI is InChI=1S/C11H15IN2O2/c12-8-6-10(14-7-8)11(15)13-4-3-9-2-1-5-16-9/h6-7,9,14H,1-5H2,(H,13,15). The molecule has 2 heterocycles. The zero-order valence-corrected chi connectivity index (χ0v) is 11.1. The number of aromatic nitrogens is 1. The maximum Gasteiger partial charge on any atom is 0.267 e. The van der Waals surface area contributed by atoms with Crippen LogP contribution < -0.4 is 5.32 Å². The number of nitrogens with one attached hydrogen (secondary N) is 2. The Bertz CT molecular complexity index is 359. The van der Waals surface area contributed by atoms with Gasteiger partial charge in [0.1, 0.15) is 5.69 Å². The number of hydrogen-bond donors (Lipinski definition) is 2. The van der Waals surface area contributed by atoms with E-state index >= 15 is 0 Å². The Hall–Kier alpha value is -0.560. The number of carbonyl (C=O) groups excluding carboxylic acids is 1. The summed E-state index contributed by atoms with van der Waals surface area (Å²) in [6.45, 7) is 1.55. The van der Waals surface area contributed by atoms with Crippen molar-refractivity contribution in [2.75, 3.05) is 13.2 Å². The summed E-state index contributed by atoms with van der Waals surface area (Å²) in [5.41, 5.74) is 0.622. The number of aromatic amines is 1. The van der Waals surface area contributed by atoms with Gasteiger partial charge in [0.2, 0.25) is 0 Å². The Kier molecular flexibility index (Phi) is 4.22. The molecule has 1 aromatic heterocycles. The van der Waals surface area contributed by atoms with Gasteiger partial charge in [0.25, 0.3) is 5.91 Å². The smallest absolute Gasteiger partial charge is 0.267 e. The highest BCUT2D eigenvalue weighted by molar-refractivity contribution is 14.1. The summed E-state index contributed by atoms with van der Waals surface area (Å²) in [5.74, 6) is -0.0408. The van der Waals surface area contributed by atoms with E-state index in [9.17, 15) is 4.79 Å². The minimum absolute atomic E-state index is 0.0408. The van der Waals surface area contributed by atoms with Gasteiger partial charge in [-0.05, 0) is 47.9 Å². The Balaban J connectivity index is 1.71. The predicted molar refractivity (Wildman–Crippen MR) is 69.4 cm³/mol. The van der Waals surface area contributed by atoms with Crippen molar-refractivity contribution < 1.29 is 9.53 Å². The van der Waals surface area contributed by atoms with Gasteiger partial charge >= 0.3 is 0 Å². The molecule has 2 rings (SSSR count). The Labute approximate surface area is 108 Å². The number of carbonyl (C=O) groups is 1. The van der Waals surface area contributed by atoms with E-state index in [-0.39, 0.29) is 5.91 Å². The molecule has 0 bridgehead atoms. The van der Waals surface area contributed by atoms with Gasteiger partial charge in [-0.15, -0.1) is 0 Å². The predicted octanol–water partition coefficient (Wildman–Crippen LogP) is 1.92. The molecule has 4 nitrogen and oxygen atoms in total. The lowest BCUT2D eigenvalue weighted by molar-refractivity contribution is 0.0903. The fourth-order valence-corrected chi connectivity index (χ4v) is 2.28. The Morgan fingerprint density at radius 2 is 2.56 bits per heavy atom. The average Bonchev–Trinajstić information content (AvgIpc) is 2.89. The minimum atomic E-state index is -0.0408. The minimum Gasteiger partial charge on any atom is -0.378 e. The van der Waals surface area contributed by atoms with Crippen molar-refractivity contribution in [1.29, 1.82) is 0 Å². The van der Waals surface area contributed by atoms with Gasteiger partial charge in [-0.3, -0.25) is 4.79 Å². The molecule has 1 unspecified atom stereocenters. The first-order valence-corrected chi connectivity index (χ1v) is 6.57. The van der Waals surface area contributed by atoms with Crippen molar-refractivity contribution >= 4 is 28.5 Å². The molecule has 2 N–H and O–H groups in total. The van der Waals surface area contributed by atoms with Crippen LogP contribution in [0.3, 0.4) is 0 Å².